The first kappa shape index (κ1) is 34.7. The van der Waals surface area contributed by atoms with Crippen molar-refractivity contribution < 1.29 is 28.7 Å². The predicted octanol–water partition coefficient (Wildman–Crippen LogP) is 4.57. The lowest BCUT2D eigenvalue weighted by Gasteiger charge is -2.19. The minimum atomic E-state index is -0.556. The number of alkyl carbamates (subject to hydrolysis) is 2. The summed E-state index contributed by atoms with van der Waals surface area (Å²) in [5.41, 5.74) is -0.253. The van der Waals surface area contributed by atoms with Crippen molar-refractivity contribution >= 4 is 45.6 Å². The third kappa shape index (κ3) is 14.9. The molecule has 0 bridgehead atoms. The lowest BCUT2D eigenvalue weighted by molar-refractivity contribution is 0.0515. The van der Waals surface area contributed by atoms with E-state index >= 15 is 0 Å². The molecule has 2 heterocycles. The standard InChI is InChI=1S/C28H40N6O6S2/c1-27(2,3)39-25(37)31-15-7-13-29-23(35)19-9-11-21(33-17-19)41-42-22-12-10-20(18-34-22)24(36)30-14-8-16-32-26(38)40-28(4,5)6/h9-12,17-18H,7-8,13-16H2,1-6H3,(H,29,35)(H,30,36)(H,31,37)(H,32,38). The van der Waals surface area contributed by atoms with Crippen molar-refractivity contribution in [2.45, 2.75) is 75.6 Å². The summed E-state index contributed by atoms with van der Waals surface area (Å²) in [6.45, 7) is 12.3. The van der Waals surface area contributed by atoms with Crippen molar-refractivity contribution in [3.05, 3.63) is 47.8 Å². The summed E-state index contributed by atoms with van der Waals surface area (Å²) in [6, 6.07) is 6.87. The average Bonchev–Trinajstić information content (AvgIpc) is 2.90. The normalized spacial score (nSPS) is 11.3. The van der Waals surface area contributed by atoms with E-state index in [0.717, 1.165) is 0 Å². The van der Waals surface area contributed by atoms with E-state index in [2.05, 4.69) is 31.2 Å². The number of amides is 4. The Morgan fingerprint density at radius 1 is 0.619 bits per heavy atom. The number of hydrogen-bond acceptors (Lipinski definition) is 10. The Morgan fingerprint density at radius 3 is 1.29 bits per heavy atom. The van der Waals surface area contributed by atoms with E-state index in [1.165, 1.54) is 34.0 Å². The zero-order valence-corrected chi connectivity index (χ0v) is 26.5. The molecule has 0 unspecified atom stereocenters. The summed E-state index contributed by atoms with van der Waals surface area (Å²) in [7, 11) is 2.76. The molecule has 0 aliphatic heterocycles. The lowest BCUT2D eigenvalue weighted by atomic mass is 10.2. The molecule has 42 heavy (non-hydrogen) atoms. The van der Waals surface area contributed by atoms with Crippen LogP contribution in [0.5, 0.6) is 0 Å². The van der Waals surface area contributed by atoms with Gasteiger partial charge in [0.1, 0.15) is 21.3 Å². The molecule has 4 N–H and O–H groups in total. The van der Waals surface area contributed by atoms with Gasteiger partial charge in [0.05, 0.1) is 11.1 Å². The molecule has 0 aromatic carbocycles. The highest BCUT2D eigenvalue weighted by Crippen LogP contribution is 2.35. The van der Waals surface area contributed by atoms with Crippen LogP contribution in [0.15, 0.2) is 46.7 Å². The number of carbonyl (C=O) groups excluding carboxylic acids is 4. The van der Waals surface area contributed by atoms with Gasteiger partial charge in [-0.1, -0.05) is 0 Å². The summed E-state index contributed by atoms with van der Waals surface area (Å²) in [6.07, 6.45) is 3.15. The highest BCUT2D eigenvalue weighted by Gasteiger charge is 2.16. The molecule has 2 aromatic heterocycles. The lowest BCUT2D eigenvalue weighted by Crippen LogP contribution is -2.34. The van der Waals surface area contributed by atoms with Crippen LogP contribution >= 0.6 is 21.6 Å². The number of pyridine rings is 2. The molecule has 12 nitrogen and oxygen atoms in total. The molecule has 14 heteroatoms. The second-order valence-corrected chi connectivity index (χ2v) is 13.2. The third-order valence-corrected chi connectivity index (χ3v) is 7.01. The predicted molar refractivity (Wildman–Crippen MR) is 163 cm³/mol. The van der Waals surface area contributed by atoms with Crippen molar-refractivity contribution in [3.8, 4) is 0 Å². The monoisotopic (exact) mass is 620 g/mol. The number of aromatic nitrogens is 2. The fourth-order valence-electron chi connectivity index (χ4n) is 3.01. The maximum atomic E-state index is 12.3. The Morgan fingerprint density at radius 2 is 0.976 bits per heavy atom. The number of ether oxygens (including phenoxy) is 2. The largest absolute Gasteiger partial charge is 0.444 e. The highest BCUT2D eigenvalue weighted by atomic mass is 33.1. The molecular formula is C28H40N6O6S2. The van der Waals surface area contributed by atoms with E-state index in [-0.39, 0.29) is 11.8 Å². The first-order valence-electron chi connectivity index (χ1n) is 13.5. The maximum Gasteiger partial charge on any atom is 0.407 e. The first-order valence-corrected chi connectivity index (χ1v) is 15.6. The zero-order chi connectivity index (χ0) is 31.2. The van der Waals surface area contributed by atoms with Gasteiger partial charge in [-0.25, -0.2) is 19.6 Å². The highest BCUT2D eigenvalue weighted by molar-refractivity contribution is 8.76. The van der Waals surface area contributed by atoms with Crippen LogP contribution in [0.1, 0.15) is 75.1 Å². The maximum absolute atomic E-state index is 12.3. The van der Waals surface area contributed by atoms with Gasteiger partial charge in [-0.05, 0) is 100 Å². The number of hydrogen-bond donors (Lipinski definition) is 4. The van der Waals surface area contributed by atoms with E-state index in [1.807, 2.05) is 0 Å². The Hall–Kier alpha value is -3.52. The number of carbonyl (C=O) groups is 4. The first-order chi connectivity index (χ1) is 19.7. The summed E-state index contributed by atoms with van der Waals surface area (Å²) in [4.78, 5) is 56.6. The van der Waals surface area contributed by atoms with Crippen LogP contribution in [0.2, 0.25) is 0 Å². The van der Waals surface area contributed by atoms with Crippen LogP contribution in [0.25, 0.3) is 0 Å². The Bertz CT molecular complexity index is 1090. The number of rotatable bonds is 13. The molecular weight excluding hydrogens is 580 g/mol. The second-order valence-electron chi connectivity index (χ2n) is 11.0. The quantitative estimate of drug-likeness (QED) is 0.185. The van der Waals surface area contributed by atoms with Crippen molar-refractivity contribution in [1.82, 2.24) is 31.2 Å². The minimum Gasteiger partial charge on any atom is -0.444 e. The molecule has 0 spiro atoms. The van der Waals surface area contributed by atoms with Crippen LogP contribution in [-0.2, 0) is 9.47 Å². The van der Waals surface area contributed by atoms with Gasteiger partial charge < -0.3 is 30.7 Å². The number of nitrogens with one attached hydrogen (secondary N) is 4. The molecule has 0 aliphatic carbocycles. The zero-order valence-electron chi connectivity index (χ0n) is 24.9. The smallest absolute Gasteiger partial charge is 0.407 e. The van der Waals surface area contributed by atoms with Crippen LogP contribution in [0, 0.1) is 0 Å². The van der Waals surface area contributed by atoms with Gasteiger partial charge >= 0.3 is 12.2 Å². The van der Waals surface area contributed by atoms with Crippen LogP contribution in [0.3, 0.4) is 0 Å². The average molecular weight is 621 g/mol. The van der Waals surface area contributed by atoms with Crippen LogP contribution in [0.4, 0.5) is 9.59 Å². The summed E-state index contributed by atoms with van der Waals surface area (Å²) in [5.74, 6) is -0.502. The molecule has 4 amide bonds. The van der Waals surface area contributed by atoms with E-state index in [9.17, 15) is 19.2 Å². The van der Waals surface area contributed by atoms with Gasteiger partial charge in [0, 0.05) is 38.6 Å². The SMILES string of the molecule is CC(C)(C)OC(=O)NCCCNC(=O)c1ccc(SSc2ccc(C(=O)NCCCNC(=O)OC(C)(C)C)cn2)nc1. The topological polar surface area (TPSA) is 161 Å². The van der Waals surface area contributed by atoms with E-state index in [0.29, 0.717) is 60.2 Å². The second kappa shape index (κ2) is 16.8. The van der Waals surface area contributed by atoms with Gasteiger partial charge in [0.2, 0.25) is 0 Å². The molecule has 0 aliphatic rings. The van der Waals surface area contributed by atoms with Crippen molar-refractivity contribution in [3.63, 3.8) is 0 Å². The number of nitrogens with zero attached hydrogens (tertiary/aromatic N) is 2. The van der Waals surface area contributed by atoms with Crippen LogP contribution in [-0.4, -0.2) is 71.3 Å². The van der Waals surface area contributed by atoms with E-state index < -0.39 is 23.4 Å². The molecule has 2 rings (SSSR count). The van der Waals surface area contributed by atoms with Gasteiger partial charge in [-0.2, -0.15) is 0 Å². The summed E-state index contributed by atoms with van der Waals surface area (Å²) < 4.78 is 10.3. The van der Waals surface area contributed by atoms with Gasteiger partial charge in [-0.15, -0.1) is 0 Å². The fraction of sp³-hybridized carbons (Fsp3) is 0.500. The van der Waals surface area contributed by atoms with E-state index in [4.69, 9.17) is 9.47 Å². The van der Waals surface area contributed by atoms with Gasteiger partial charge in [-0.3, -0.25) is 9.59 Å². The Kier molecular flexibility index (Phi) is 13.9. The van der Waals surface area contributed by atoms with Crippen molar-refractivity contribution in [1.29, 1.82) is 0 Å². The molecule has 0 atom stereocenters. The molecule has 0 radical (unpaired) electrons. The summed E-state index contributed by atoms with van der Waals surface area (Å²) in [5, 5.41) is 12.3. The van der Waals surface area contributed by atoms with E-state index in [1.54, 1.807) is 65.8 Å². The minimum absolute atomic E-state index is 0.251. The molecule has 230 valence electrons. The molecule has 0 saturated heterocycles. The van der Waals surface area contributed by atoms with Gasteiger partial charge in [0.25, 0.3) is 11.8 Å². The molecule has 0 saturated carbocycles. The Labute approximate surface area is 254 Å². The molecule has 0 fully saturated rings. The van der Waals surface area contributed by atoms with Crippen molar-refractivity contribution in [2.24, 2.45) is 0 Å². The van der Waals surface area contributed by atoms with Gasteiger partial charge in [0.15, 0.2) is 0 Å². The molecule has 2 aromatic rings. The Balaban J connectivity index is 1.65. The third-order valence-electron chi connectivity index (χ3n) is 4.82. The van der Waals surface area contributed by atoms with Crippen molar-refractivity contribution in [2.75, 3.05) is 26.2 Å². The van der Waals surface area contributed by atoms with Crippen LogP contribution < -0.4 is 21.3 Å². The fourth-order valence-corrected chi connectivity index (χ4v) is 4.72. The summed E-state index contributed by atoms with van der Waals surface area (Å²) >= 11 is 0.